The summed E-state index contributed by atoms with van der Waals surface area (Å²) < 4.78 is 10.2. The Morgan fingerprint density at radius 2 is 2.05 bits per heavy atom. The van der Waals surface area contributed by atoms with Gasteiger partial charge in [-0.25, -0.2) is 0 Å². The molecule has 0 fully saturated rings. The molecular formula is C12H19N3O4S. The van der Waals surface area contributed by atoms with Gasteiger partial charge in [-0.15, -0.1) is 11.3 Å². The van der Waals surface area contributed by atoms with E-state index in [9.17, 15) is 9.59 Å². The minimum Gasteiger partial charge on any atom is -0.397 e. The number of thiophene rings is 1. The van der Waals surface area contributed by atoms with Crippen LogP contribution in [0.15, 0.2) is 0 Å². The number of nitrogen functional groups attached to an aromatic ring is 1. The Morgan fingerprint density at radius 1 is 1.40 bits per heavy atom. The number of rotatable bonds is 8. The number of hydrogen-bond donors (Lipinski definition) is 3. The second kappa shape index (κ2) is 7.22. The van der Waals surface area contributed by atoms with Crippen molar-refractivity contribution < 1.29 is 19.1 Å². The highest BCUT2D eigenvalue weighted by Crippen LogP contribution is 2.35. The number of ketones is 1. The molecule has 0 saturated carbocycles. The van der Waals surface area contributed by atoms with Gasteiger partial charge in [0, 0.05) is 27.7 Å². The van der Waals surface area contributed by atoms with E-state index in [1.807, 2.05) is 0 Å². The van der Waals surface area contributed by atoms with Crippen molar-refractivity contribution >= 4 is 33.7 Å². The fourth-order valence-corrected chi connectivity index (χ4v) is 2.71. The summed E-state index contributed by atoms with van der Waals surface area (Å²) in [6.45, 7) is 2.19. The fourth-order valence-electron chi connectivity index (χ4n) is 1.68. The molecule has 0 aliphatic rings. The molecule has 0 bridgehead atoms. The maximum absolute atomic E-state index is 11.5. The Labute approximate surface area is 121 Å². The monoisotopic (exact) mass is 301 g/mol. The number of hydrogen-bond acceptors (Lipinski definition) is 7. The van der Waals surface area contributed by atoms with Crippen LogP contribution in [0.25, 0.3) is 0 Å². The minimum absolute atomic E-state index is 0.123. The summed E-state index contributed by atoms with van der Waals surface area (Å²) >= 11 is 1.11. The first-order chi connectivity index (χ1) is 9.42. The van der Waals surface area contributed by atoms with Crippen LogP contribution in [0.1, 0.15) is 27.0 Å². The van der Waals surface area contributed by atoms with Crippen molar-refractivity contribution in [2.24, 2.45) is 5.73 Å². The summed E-state index contributed by atoms with van der Waals surface area (Å²) in [7, 11) is 3.13. The third-order valence-corrected chi connectivity index (χ3v) is 3.95. The standard InChI is InChI=1S/C12H19N3O4S/c1-6(16)10-9(13)8(11(14)17)12(20-10)15-4-7(19-3)5-18-2/h7,15H,4-5,13H2,1-3H3,(H2,14,17). The second-order valence-corrected chi connectivity index (χ2v) is 5.18. The summed E-state index contributed by atoms with van der Waals surface area (Å²) in [4.78, 5) is 23.2. The van der Waals surface area contributed by atoms with E-state index < -0.39 is 5.91 Å². The van der Waals surface area contributed by atoms with Gasteiger partial charge in [0.1, 0.15) is 5.00 Å². The van der Waals surface area contributed by atoms with Crippen LogP contribution < -0.4 is 16.8 Å². The molecule has 112 valence electrons. The summed E-state index contributed by atoms with van der Waals surface area (Å²) in [5.41, 5.74) is 11.4. The number of carbonyl (C=O) groups is 2. The lowest BCUT2D eigenvalue weighted by molar-refractivity contribution is 0.0366. The van der Waals surface area contributed by atoms with Crippen LogP contribution in [0, 0.1) is 0 Å². The van der Waals surface area contributed by atoms with Crippen molar-refractivity contribution in [1.29, 1.82) is 0 Å². The van der Waals surface area contributed by atoms with E-state index in [-0.39, 0.29) is 23.1 Å². The fraction of sp³-hybridized carbons (Fsp3) is 0.500. The normalized spacial score (nSPS) is 12.2. The predicted octanol–water partition coefficient (Wildman–Crippen LogP) is 0.705. The lowest BCUT2D eigenvalue weighted by Gasteiger charge is -2.15. The van der Waals surface area contributed by atoms with Gasteiger partial charge in [-0.05, 0) is 0 Å². The molecule has 1 unspecified atom stereocenters. The van der Waals surface area contributed by atoms with E-state index in [1.165, 1.54) is 6.92 Å². The predicted molar refractivity (Wildman–Crippen MR) is 78.4 cm³/mol. The molecule has 0 spiro atoms. The van der Waals surface area contributed by atoms with Crippen LogP contribution >= 0.6 is 11.3 Å². The van der Waals surface area contributed by atoms with Gasteiger partial charge < -0.3 is 26.3 Å². The molecule has 0 aromatic carbocycles. The van der Waals surface area contributed by atoms with Crippen molar-refractivity contribution in [2.75, 3.05) is 38.4 Å². The first kappa shape index (κ1) is 16.4. The molecule has 1 amide bonds. The summed E-state index contributed by atoms with van der Waals surface area (Å²) in [6, 6.07) is 0. The molecule has 8 heteroatoms. The van der Waals surface area contributed by atoms with Crippen molar-refractivity contribution in [3.63, 3.8) is 0 Å². The van der Waals surface area contributed by atoms with E-state index in [0.29, 0.717) is 23.0 Å². The summed E-state index contributed by atoms with van der Waals surface area (Å²) in [5.74, 6) is -0.877. The van der Waals surface area contributed by atoms with Gasteiger partial charge in [-0.2, -0.15) is 0 Å². The molecule has 1 heterocycles. The van der Waals surface area contributed by atoms with Crippen molar-refractivity contribution in [3.05, 3.63) is 10.4 Å². The highest BCUT2D eigenvalue weighted by atomic mass is 32.1. The average Bonchev–Trinajstić information content (AvgIpc) is 2.71. The van der Waals surface area contributed by atoms with Gasteiger partial charge in [0.25, 0.3) is 5.91 Å². The van der Waals surface area contributed by atoms with Gasteiger partial charge in [0.15, 0.2) is 5.78 Å². The van der Waals surface area contributed by atoms with Crippen molar-refractivity contribution in [3.8, 4) is 0 Å². The van der Waals surface area contributed by atoms with E-state index >= 15 is 0 Å². The molecular weight excluding hydrogens is 282 g/mol. The third-order valence-electron chi connectivity index (χ3n) is 2.69. The number of anilines is 2. The Bertz CT molecular complexity index is 501. The maximum Gasteiger partial charge on any atom is 0.253 e. The van der Waals surface area contributed by atoms with Gasteiger partial charge in [-0.1, -0.05) is 0 Å². The zero-order chi connectivity index (χ0) is 15.3. The number of Topliss-reactive ketones (excluding diaryl/α,β-unsaturated/α-hetero) is 1. The molecule has 0 radical (unpaired) electrons. The van der Waals surface area contributed by atoms with Crippen LogP contribution in [0.4, 0.5) is 10.7 Å². The molecule has 7 nitrogen and oxygen atoms in total. The number of amides is 1. The maximum atomic E-state index is 11.5. The average molecular weight is 301 g/mol. The molecule has 20 heavy (non-hydrogen) atoms. The van der Waals surface area contributed by atoms with Crippen LogP contribution in [0.3, 0.4) is 0 Å². The van der Waals surface area contributed by atoms with Crippen LogP contribution in [0.2, 0.25) is 0 Å². The SMILES string of the molecule is COCC(CNc1sc(C(C)=O)c(N)c1C(N)=O)OC. The summed E-state index contributed by atoms with van der Waals surface area (Å²) in [5, 5.41) is 3.50. The lowest BCUT2D eigenvalue weighted by Crippen LogP contribution is -2.27. The number of ether oxygens (including phenoxy) is 2. The second-order valence-electron chi connectivity index (χ2n) is 4.16. The number of methoxy groups -OCH3 is 2. The third kappa shape index (κ3) is 3.69. The number of primary amides is 1. The zero-order valence-electron chi connectivity index (χ0n) is 11.7. The van der Waals surface area contributed by atoms with Crippen molar-refractivity contribution in [2.45, 2.75) is 13.0 Å². The molecule has 1 rings (SSSR count). The minimum atomic E-state index is -0.672. The smallest absolute Gasteiger partial charge is 0.253 e. The van der Waals surface area contributed by atoms with E-state index in [0.717, 1.165) is 11.3 Å². The van der Waals surface area contributed by atoms with E-state index in [4.69, 9.17) is 20.9 Å². The van der Waals surface area contributed by atoms with Crippen LogP contribution in [-0.2, 0) is 9.47 Å². The van der Waals surface area contributed by atoms with E-state index in [1.54, 1.807) is 14.2 Å². The highest BCUT2D eigenvalue weighted by molar-refractivity contribution is 7.19. The van der Waals surface area contributed by atoms with E-state index in [2.05, 4.69) is 5.32 Å². The Balaban J connectivity index is 2.96. The molecule has 0 aliphatic carbocycles. The highest BCUT2D eigenvalue weighted by Gasteiger charge is 2.22. The van der Waals surface area contributed by atoms with Crippen molar-refractivity contribution in [1.82, 2.24) is 0 Å². The lowest BCUT2D eigenvalue weighted by atomic mass is 10.2. The zero-order valence-corrected chi connectivity index (χ0v) is 12.5. The van der Waals surface area contributed by atoms with Gasteiger partial charge >= 0.3 is 0 Å². The number of nitrogens with one attached hydrogen (secondary N) is 1. The Hall–Kier alpha value is -1.64. The van der Waals surface area contributed by atoms with Gasteiger partial charge in [0.2, 0.25) is 0 Å². The molecule has 1 atom stereocenters. The first-order valence-corrected chi connectivity index (χ1v) is 6.72. The molecule has 1 aromatic heterocycles. The topological polar surface area (TPSA) is 117 Å². The van der Waals surface area contributed by atoms with Gasteiger partial charge in [-0.3, -0.25) is 9.59 Å². The molecule has 0 aliphatic heterocycles. The Morgan fingerprint density at radius 3 is 2.50 bits per heavy atom. The number of carbonyl (C=O) groups excluding carboxylic acids is 2. The number of nitrogens with two attached hydrogens (primary N) is 2. The van der Waals surface area contributed by atoms with Gasteiger partial charge in [0.05, 0.1) is 28.8 Å². The Kier molecular flexibility index (Phi) is 5.93. The molecule has 0 saturated heterocycles. The largest absolute Gasteiger partial charge is 0.397 e. The molecule has 5 N–H and O–H groups in total. The van der Waals surface area contributed by atoms with Crippen LogP contribution in [0.5, 0.6) is 0 Å². The summed E-state index contributed by atoms with van der Waals surface area (Å²) in [6.07, 6.45) is -0.190. The van der Waals surface area contributed by atoms with Crippen LogP contribution in [-0.4, -0.2) is 45.2 Å². The first-order valence-electron chi connectivity index (χ1n) is 5.90. The molecule has 1 aromatic rings. The quantitative estimate of drug-likeness (QED) is 0.609.